The predicted octanol–water partition coefficient (Wildman–Crippen LogP) is 3.64. The van der Waals surface area contributed by atoms with Crippen molar-refractivity contribution in [1.82, 2.24) is 9.97 Å². The first-order valence-electron chi connectivity index (χ1n) is 8.64. The van der Waals surface area contributed by atoms with Gasteiger partial charge >= 0.3 is 11.9 Å². The Labute approximate surface area is 159 Å². The van der Waals surface area contributed by atoms with E-state index < -0.39 is 5.91 Å². The van der Waals surface area contributed by atoms with E-state index in [9.17, 15) is 9.59 Å². The number of esters is 1. The van der Waals surface area contributed by atoms with Gasteiger partial charge in [0.2, 0.25) is 0 Å². The van der Waals surface area contributed by atoms with Gasteiger partial charge in [0.25, 0.3) is 5.89 Å². The number of carbonyl (C=O) groups excluding carboxylic acids is 2. The number of thiazole rings is 1. The van der Waals surface area contributed by atoms with Gasteiger partial charge in [0, 0.05) is 10.4 Å². The van der Waals surface area contributed by atoms with E-state index in [0.717, 1.165) is 16.9 Å². The highest BCUT2D eigenvalue weighted by molar-refractivity contribution is 7.16. The molecular formula is C19H17N3O4S. The molecule has 0 radical (unpaired) electrons. The lowest BCUT2D eigenvalue weighted by Gasteiger charge is -2.07. The Hall–Kier alpha value is -3.00. The topological polar surface area (TPSA) is 94.3 Å². The lowest BCUT2D eigenvalue weighted by molar-refractivity contribution is -0.145. The van der Waals surface area contributed by atoms with E-state index in [1.165, 1.54) is 17.5 Å². The molecule has 8 heteroatoms. The number of amides is 1. The normalized spacial score (nSPS) is 15.4. The maximum atomic E-state index is 12.4. The molecule has 3 aromatic rings. The molecule has 1 aromatic carbocycles. The van der Waals surface area contributed by atoms with Gasteiger partial charge in [-0.15, -0.1) is 11.3 Å². The number of aromatic nitrogens is 2. The molecule has 1 atom stereocenters. The van der Waals surface area contributed by atoms with Crippen LogP contribution in [0.2, 0.25) is 0 Å². The fourth-order valence-electron chi connectivity index (χ4n) is 3.02. The number of carbonyl (C=O) groups is 2. The van der Waals surface area contributed by atoms with Gasteiger partial charge in [-0.05, 0) is 19.8 Å². The highest BCUT2D eigenvalue weighted by Crippen LogP contribution is 2.39. The number of ether oxygens (including phenoxy) is 1. The van der Waals surface area contributed by atoms with Gasteiger partial charge in [0.1, 0.15) is 5.92 Å². The van der Waals surface area contributed by atoms with Gasteiger partial charge in [0.15, 0.2) is 10.9 Å². The third-order valence-corrected chi connectivity index (χ3v) is 5.31. The lowest BCUT2D eigenvalue weighted by Crippen LogP contribution is -2.15. The smallest absolute Gasteiger partial charge is 0.315 e. The summed E-state index contributed by atoms with van der Waals surface area (Å²) in [6, 6.07) is 9.42. The van der Waals surface area contributed by atoms with Crippen LogP contribution in [0.1, 0.15) is 40.5 Å². The number of nitrogens with zero attached hydrogens (tertiary/aromatic N) is 2. The largest absolute Gasteiger partial charge is 0.465 e. The summed E-state index contributed by atoms with van der Waals surface area (Å²) < 4.78 is 10.7. The van der Waals surface area contributed by atoms with Crippen molar-refractivity contribution in [2.24, 2.45) is 0 Å². The Kier molecular flexibility index (Phi) is 4.72. The number of rotatable bonds is 5. The summed E-state index contributed by atoms with van der Waals surface area (Å²) in [5, 5.41) is 3.13. The number of hydrogen-bond acceptors (Lipinski definition) is 7. The molecule has 2 aromatic heterocycles. The van der Waals surface area contributed by atoms with Crippen LogP contribution in [-0.2, 0) is 16.0 Å². The summed E-state index contributed by atoms with van der Waals surface area (Å²) in [5.74, 6) is -0.610. The summed E-state index contributed by atoms with van der Waals surface area (Å²) in [5.41, 5.74) is 1.54. The van der Waals surface area contributed by atoms with Crippen LogP contribution in [0.4, 0.5) is 5.13 Å². The lowest BCUT2D eigenvalue weighted by atomic mass is 10.1. The maximum Gasteiger partial charge on any atom is 0.315 e. The molecule has 27 heavy (non-hydrogen) atoms. The summed E-state index contributed by atoms with van der Waals surface area (Å²) >= 11 is 1.37. The van der Waals surface area contributed by atoms with E-state index in [2.05, 4.69) is 15.3 Å². The molecule has 1 amide bonds. The van der Waals surface area contributed by atoms with Gasteiger partial charge in [-0.2, -0.15) is 0 Å². The molecule has 0 fully saturated rings. The Morgan fingerprint density at radius 2 is 2.15 bits per heavy atom. The van der Waals surface area contributed by atoms with Crippen molar-refractivity contribution in [3.8, 4) is 11.3 Å². The zero-order valence-electron chi connectivity index (χ0n) is 14.6. The molecule has 0 unspecified atom stereocenters. The third-order valence-electron chi connectivity index (χ3n) is 4.27. The minimum Gasteiger partial charge on any atom is -0.465 e. The van der Waals surface area contributed by atoms with E-state index in [1.54, 1.807) is 6.92 Å². The van der Waals surface area contributed by atoms with E-state index in [4.69, 9.17) is 9.15 Å². The zero-order chi connectivity index (χ0) is 18.8. The fourth-order valence-corrected chi connectivity index (χ4v) is 4.05. The van der Waals surface area contributed by atoms with Crippen molar-refractivity contribution in [2.45, 2.75) is 25.7 Å². The van der Waals surface area contributed by atoms with Gasteiger partial charge in [-0.3, -0.25) is 14.9 Å². The summed E-state index contributed by atoms with van der Waals surface area (Å²) in [4.78, 5) is 33.9. The second-order valence-electron chi connectivity index (χ2n) is 6.02. The summed E-state index contributed by atoms with van der Waals surface area (Å²) in [6.07, 6.45) is 2.97. The molecule has 1 aliphatic carbocycles. The molecule has 0 saturated carbocycles. The Balaban J connectivity index is 1.48. The first-order chi connectivity index (χ1) is 13.2. The number of anilines is 1. The zero-order valence-corrected chi connectivity index (χ0v) is 15.4. The second kappa shape index (κ2) is 7.32. The van der Waals surface area contributed by atoms with Crippen molar-refractivity contribution in [3.05, 3.63) is 53.0 Å². The fraction of sp³-hybridized carbons (Fsp3) is 0.263. The van der Waals surface area contributed by atoms with Gasteiger partial charge in [0.05, 0.1) is 18.5 Å². The highest BCUT2D eigenvalue weighted by Gasteiger charge is 2.34. The highest BCUT2D eigenvalue weighted by atomic mass is 32.1. The van der Waals surface area contributed by atoms with Crippen LogP contribution >= 0.6 is 11.3 Å². The maximum absolute atomic E-state index is 12.4. The van der Waals surface area contributed by atoms with Crippen molar-refractivity contribution in [3.63, 3.8) is 0 Å². The Morgan fingerprint density at radius 3 is 2.93 bits per heavy atom. The van der Waals surface area contributed by atoms with Crippen molar-refractivity contribution in [1.29, 1.82) is 0 Å². The second-order valence-corrected chi connectivity index (χ2v) is 7.10. The van der Waals surface area contributed by atoms with Crippen LogP contribution in [0, 0.1) is 0 Å². The van der Waals surface area contributed by atoms with Crippen LogP contribution in [0.5, 0.6) is 0 Å². The number of oxazole rings is 1. The molecule has 2 heterocycles. The molecule has 1 aliphatic rings. The van der Waals surface area contributed by atoms with E-state index in [1.807, 2.05) is 30.3 Å². The number of hydrogen-bond donors (Lipinski definition) is 1. The quantitative estimate of drug-likeness (QED) is 0.676. The SMILES string of the molecule is CCOC(=O)[C@@H]1CCc2sc(NC(=O)c3ncc(-c4ccccc4)o3)nc21. The minimum absolute atomic E-state index is 0.0360. The minimum atomic E-state index is -0.475. The molecule has 1 N–H and O–H groups in total. The van der Waals surface area contributed by atoms with Crippen LogP contribution in [0.15, 0.2) is 40.9 Å². The molecule has 0 spiro atoms. The first kappa shape index (κ1) is 17.4. The van der Waals surface area contributed by atoms with Crippen LogP contribution in [-0.4, -0.2) is 28.5 Å². The van der Waals surface area contributed by atoms with Gasteiger partial charge < -0.3 is 9.15 Å². The number of nitrogens with one attached hydrogen (secondary N) is 1. The monoisotopic (exact) mass is 383 g/mol. The number of benzene rings is 1. The predicted molar refractivity (Wildman–Crippen MR) is 99.7 cm³/mol. The van der Waals surface area contributed by atoms with Crippen molar-refractivity contribution >= 4 is 28.3 Å². The molecule has 138 valence electrons. The summed E-state index contributed by atoms with van der Waals surface area (Å²) in [6.45, 7) is 2.12. The average molecular weight is 383 g/mol. The van der Waals surface area contributed by atoms with E-state index >= 15 is 0 Å². The van der Waals surface area contributed by atoms with Crippen LogP contribution in [0.3, 0.4) is 0 Å². The third kappa shape index (κ3) is 3.48. The standard InChI is InChI=1S/C19H17N3O4S/c1-2-25-18(24)12-8-9-14-15(12)21-19(27-14)22-16(23)17-20-10-13(26-17)11-6-4-3-5-7-11/h3-7,10,12H,2,8-9H2,1H3,(H,21,22,23)/t12-/m1/s1. The summed E-state index contributed by atoms with van der Waals surface area (Å²) in [7, 11) is 0. The Morgan fingerprint density at radius 1 is 1.33 bits per heavy atom. The Bertz CT molecular complexity index is 980. The average Bonchev–Trinajstić information content (AvgIpc) is 3.38. The van der Waals surface area contributed by atoms with Gasteiger partial charge in [-0.1, -0.05) is 30.3 Å². The molecular weight excluding hydrogens is 366 g/mol. The van der Waals surface area contributed by atoms with Crippen molar-refractivity contribution in [2.75, 3.05) is 11.9 Å². The van der Waals surface area contributed by atoms with Crippen LogP contribution in [0.25, 0.3) is 11.3 Å². The molecule has 0 aliphatic heterocycles. The van der Waals surface area contributed by atoms with Crippen LogP contribution < -0.4 is 5.32 Å². The van der Waals surface area contributed by atoms with Gasteiger partial charge in [-0.25, -0.2) is 9.97 Å². The number of aryl methyl sites for hydroxylation is 1. The number of fused-ring (bicyclic) bond motifs is 1. The van der Waals surface area contributed by atoms with E-state index in [0.29, 0.717) is 29.6 Å². The molecule has 0 saturated heterocycles. The van der Waals surface area contributed by atoms with Crippen molar-refractivity contribution < 1.29 is 18.7 Å². The van der Waals surface area contributed by atoms with E-state index in [-0.39, 0.29) is 17.8 Å². The molecule has 7 nitrogen and oxygen atoms in total. The molecule has 0 bridgehead atoms. The first-order valence-corrected chi connectivity index (χ1v) is 9.46. The molecule has 4 rings (SSSR count).